The number of benzene rings is 1. The van der Waals surface area contributed by atoms with Gasteiger partial charge in [0.2, 0.25) is 0 Å². The summed E-state index contributed by atoms with van der Waals surface area (Å²) in [6.07, 6.45) is 3.06. The van der Waals surface area contributed by atoms with Gasteiger partial charge in [-0.05, 0) is 18.2 Å². The number of nitrogen functional groups attached to an aromatic ring is 1. The Kier molecular flexibility index (Phi) is 3.01. The van der Waals surface area contributed by atoms with E-state index in [4.69, 9.17) is 5.73 Å². The Morgan fingerprint density at radius 2 is 1.95 bits per heavy atom. The fraction of sp³-hybridized carbons (Fsp3) is 0. The molecule has 3 aromatic rings. The number of para-hydroxylation sites is 1. The van der Waals surface area contributed by atoms with Crippen molar-refractivity contribution in [3.8, 4) is 0 Å². The zero-order valence-electron chi connectivity index (χ0n) is 10.6. The van der Waals surface area contributed by atoms with E-state index in [2.05, 4.69) is 15.3 Å². The van der Waals surface area contributed by atoms with Crippen LogP contribution in [0.2, 0.25) is 0 Å². The molecule has 0 bridgehead atoms. The third-order valence-electron chi connectivity index (χ3n) is 2.93. The Morgan fingerprint density at radius 3 is 2.80 bits per heavy atom. The number of fused-ring (bicyclic) bond motifs is 1. The topological polar surface area (TPSA) is 80.9 Å². The molecule has 0 atom stereocenters. The molecular weight excluding hydrogens is 252 g/mol. The fourth-order valence-corrected chi connectivity index (χ4v) is 1.90. The van der Waals surface area contributed by atoms with Crippen LogP contribution >= 0.6 is 0 Å². The summed E-state index contributed by atoms with van der Waals surface area (Å²) in [5.74, 6) is -0.298. The van der Waals surface area contributed by atoms with Crippen LogP contribution in [0.5, 0.6) is 0 Å². The molecule has 0 saturated carbocycles. The van der Waals surface area contributed by atoms with Crippen molar-refractivity contribution in [2.75, 3.05) is 11.1 Å². The first-order valence-electron chi connectivity index (χ1n) is 6.11. The molecule has 2 heterocycles. The monoisotopic (exact) mass is 264 g/mol. The first-order valence-corrected chi connectivity index (χ1v) is 6.11. The average molecular weight is 264 g/mol. The average Bonchev–Trinajstić information content (AvgIpc) is 2.49. The lowest BCUT2D eigenvalue weighted by Crippen LogP contribution is -2.14. The molecule has 0 unspecified atom stereocenters. The number of hydrogen-bond donors (Lipinski definition) is 2. The highest BCUT2D eigenvalue weighted by molar-refractivity contribution is 6.05. The lowest BCUT2D eigenvalue weighted by molar-refractivity contribution is 0.102. The van der Waals surface area contributed by atoms with Gasteiger partial charge in [0.05, 0.1) is 23.1 Å². The molecule has 1 aromatic carbocycles. The minimum atomic E-state index is -0.298. The van der Waals surface area contributed by atoms with Crippen LogP contribution in [0.25, 0.3) is 10.9 Å². The van der Waals surface area contributed by atoms with Gasteiger partial charge in [0.15, 0.2) is 0 Å². The third kappa shape index (κ3) is 2.29. The van der Waals surface area contributed by atoms with Crippen LogP contribution in [-0.2, 0) is 0 Å². The number of nitrogens with one attached hydrogen (secondary N) is 1. The molecule has 2 aromatic heterocycles. The second-order valence-electron chi connectivity index (χ2n) is 4.31. The number of anilines is 2. The first-order chi connectivity index (χ1) is 9.74. The summed E-state index contributed by atoms with van der Waals surface area (Å²) in [5.41, 5.74) is 7.81. The maximum atomic E-state index is 12.2. The number of carbonyl (C=O) groups is 1. The second-order valence-corrected chi connectivity index (χ2v) is 4.31. The minimum absolute atomic E-state index is 0.298. The molecule has 0 saturated heterocycles. The van der Waals surface area contributed by atoms with Crippen LogP contribution in [0.1, 0.15) is 10.5 Å². The van der Waals surface area contributed by atoms with E-state index in [1.807, 2.05) is 30.3 Å². The smallest absolute Gasteiger partial charge is 0.274 e. The summed E-state index contributed by atoms with van der Waals surface area (Å²) >= 11 is 0. The van der Waals surface area contributed by atoms with Crippen molar-refractivity contribution in [3.63, 3.8) is 0 Å². The molecule has 5 nitrogen and oxygen atoms in total. The number of amides is 1. The largest absolute Gasteiger partial charge is 0.396 e. The van der Waals surface area contributed by atoms with Gasteiger partial charge in [-0.2, -0.15) is 0 Å². The molecule has 20 heavy (non-hydrogen) atoms. The predicted octanol–water partition coefficient (Wildman–Crippen LogP) is 2.46. The summed E-state index contributed by atoms with van der Waals surface area (Å²) in [4.78, 5) is 20.4. The molecule has 0 aliphatic heterocycles. The van der Waals surface area contributed by atoms with E-state index in [1.165, 1.54) is 6.20 Å². The van der Waals surface area contributed by atoms with Gasteiger partial charge in [-0.25, -0.2) is 4.98 Å². The number of hydrogen-bond acceptors (Lipinski definition) is 4. The quantitative estimate of drug-likeness (QED) is 0.745. The highest BCUT2D eigenvalue weighted by Gasteiger charge is 2.09. The molecule has 0 radical (unpaired) electrons. The van der Waals surface area contributed by atoms with E-state index in [1.54, 1.807) is 18.3 Å². The van der Waals surface area contributed by atoms with Crippen molar-refractivity contribution in [2.24, 2.45) is 0 Å². The number of nitrogens with two attached hydrogens (primary N) is 1. The lowest BCUT2D eigenvalue weighted by atomic mass is 10.2. The highest BCUT2D eigenvalue weighted by atomic mass is 16.1. The summed E-state index contributed by atoms with van der Waals surface area (Å²) < 4.78 is 0. The molecular formula is C15H12N4O. The van der Waals surface area contributed by atoms with Crippen molar-refractivity contribution < 1.29 is 4.79 Å². The van der Waals surface area contributed by atoms with E-state index in [0.717, 1.165) is 10.9 Å². The van der Waals surface area contributed by atoms with Gasteiger partial charge in [-0.1, -0.05) is 24.3 Å². The van der Waals surface area contributed by atoms with Crippen LogP contribution in [0.4, 0.5) is 11.4 Å². The molecule has 3 N–H and O–H groups in total. The molecule has 0 fully saturated rings. The summed E-state index contributed by atoms with van der Waals surface area (Å²) in [5, 5.41) is 3.72. The molecule has 0 aliphatic rings. The van der Waals surface area contributed by atoms with Crippen LogP contribution < -0.4 is 11.1 Å². The predicted molar refractivity (Wildman–Crippen MR) is 78.3 cm³/mol. The summed E-state index contributed by atoms with van der Waals surface area (Å²) in [7, 11) is 0. The van der Waals surface area contributed by atoms with E-state index in [0.29, 0.717) is 17.1 Å². The van der Waals surface area contributed by atoms with Gasteiger partial charge in [-0.3, -0.25) is 9.78 Å². The van der Waals surface area contributed by atoms with Crippen molar-refractivity contribution in [3.05, 3.63) is 60.6 Å². The second kappa shape index (κ2) is 4.97. The van der Waals surface area contributed by atoms with Gasteiger partial charge in [0.25, 0.3) is 5.91 Å². The highest BCUT2D eigenvalue weighted by Crippen LogP contribution is 2.17. The Morgan fingerprint density at radius 1 is 1.10 bits per heavy atom. The number of carbonyl (C=O) groups excluding carboxylic acids is 1. The van der Waals surface area contributed by atoms with Crippen LogP contribution in [-0.4, -0.2) is 15.9 Å². The van der Waals surface area contributed by atoms with Crippen molar-refractivity contribution >= 4 is 28.2 Å². The zero-order chi connectivity index (χ0) is 13.9. The Labute approximate surface area is 115 Å². The number of nitrogens with zero attached hydrogens (tertiary/aromatic N) is 2. The van der Waals surface area contributed by atoms with E-state index in [9.17, 15) is 4.79 Å². The minimum Gasteiger partial charge on any atom is -0.396 e. The van der Waals surface area contributed by atoms with Gasteiger partial charge < -0.3 is 11.1 Å². The summed E-state index contributed by atoms with van der Waals surface area (Å²) in [6, 6.07) is 12.8. The molecule has 3 rings (SSSR count). The van der Waals surface area contributed by atoms with Gasteiger partial charge in [0.1, 0.15) is 5.69 Å². The molecule has 0 spiro atoms. The zero-order valence-corrected chi connectivity index (χ0v) is 10.6. The summed E-state index contributed by atoms with van der Waals surface area (Å²) in [6.45, 7) is 0. The Hall–Kier alpha value is -2.95. The molecule has 98 valence electrons. The van der Waals surface area contributed by atoms with E-state index in [-0.39, 0.29) is 5.91 Å². The van der Waals surface area contributed by atoms with Crippen molar-refractivity contribution in [2.45, 2.75) is 0 Å². The maximum absolute atomic E-state index is 12.2. The number of rotatable bonds is 2. The maximum Gasteiger partial charge on any atom is 0.274 e. The Balaban J connectivity index is 1.91. The normalized spacial score (nSPS) is 10.4. The van der Waals surface area contributed by atoms with Gasteiger partial charge in [0, 0.05) is 11.6 Å². The standard InChI is InChI=1S/C15H12N4O/c16-11-9-17-8-7-13(11)19-15(20)14-6-5-10-3-1-2-4-12(10)18-14/h1-9H,16H2,(H,17,19,20). The SMILES string of the molecule is Nc1cnccc1NC(=O)c1ccc2ccccc2n1. The van der Waals surface area contributed by atoms with E-state index >= 15 is 0 Å². The third-order valence-corrected chi connectivity index (χ3v) is 2.93. The van der Waals surface area contributed by atoms with Crippen molar-refractivity contribution in [1.82, 2.24) is 9.97 Å². The van der Waals surface area contributed by atoms with Crippen molar-refractivity contribution in [1.29, 1.82) is 0 Å². The van der Waals surface area contributed by atoms with Gasteiger partial charge >= 0.3 is 0 Å². The lowest BCUT2D eigenvalue weighted by Gasteiger charge is -2.07. The first kappa shape index (κ1) is 12.1. The Bertz CT molecular complexity index is 785. The van der Waals surface area contributed by atoms with Gasteiger partial charge in [-0.15, -0.1) is 0 Å². The van der Waals surface area contributed by atoms with Crippen LogP contribution in [0, 0.1) is 0 Å². The van der Waals surface area contributed by atoms with E-state index < -0.39 is 0 Å². The molecule has 1 amide bonds. The molecule has 5 heteroatoms. The van der Waals surface area contributed by atoms with Crippen LogP contribution in [0.15, 0.2) is 54.9 Å². The number of pyridine rings is 2. The number of aromatic nitrogens is 2. The molecule has 0 aliphatic carbocycles. The van der Waals surface area contributed by atoms with Crippen LogP contribution in [0.3, 0.4) is 0 Å². The fourth-order valence-electron chi connectivity index (χ4n) is 1.90.